The summed E-state index contributed by atoms with van der Waals surface area (Å²) < 4.78 is 0. The first-order valence-corrected chi connectivity index (χ1v) is 8.26. The molecule has 0 aromatic heterocycles. The highest BCUT2D eigenvalue weighted by atomic mass is 35.5. The molecule has 1 saturated heterocycles. The summed E-state index contributed by atoms with van der Waals surface area (Å²) in [5.41, 5.74) is 0.435. The summed E-state index contributed by atoms with van der Waals surface area (Å²) in [6.45, 7) is 6.96. The van der Waals surface area contributed by atoms with E-state index in [0.717, 1.165) is 13.1 Å². The minimum atomic E-state index is -0.0718. The SMILES string of the molecule is C[C@H]1C[C@H](C)C[NH+](CC(=O)Nc2c(Cl)cc(Cl)cc2Cl)C1. The molecule has 1 heterocycles. The number of benzene rings is 1. The van der Waals surface area contributed by atoms with Crippen molar-refractivity contribution in [2.75, 3.05) is 25.0 Å². The Morgan fingerprint density at radius 2 is 1.71 bits per heavy atom. The lowest BCUT2D eigenvalue weighted by Gasteiger charge is -2.31. The summed E-state index contributed by atoms with van der Waals surface area (Å²) >= 11 is 18.0. The van der Waals surface area contributed by atoms with E-state index in [9.17, 15) is 4.79 Å². The van der Waals surface area contributed by atoms with E-state index in [0.29, 0.717) is 39.1 Å². The molecule has 2 rings (SSSR count). The van der Waals surface area contributed by atoms with Crippen molar-refractivity contribution in [3.63, 3.8) is 0 Å². The van der Waals surface area contributed by atoms with Gasteiger partial charge in [0.05, 0.1) is 28.8 Å². The van der Waals surface area contributed by atoms with Crippen LogP contribution in [0, 0.1) is 11.8 Å². The molecule has 0 aliphatic carbocycles. The molecule has 0 bridgehead atoms. The Hall–Kier alpha value is -0.480. The van der Waals surface area contributed by atoms with Crippen molar-refractivity contribution in [3.05, 3.63) is 27.2 Å². The van der Waals surface area contributed by atoms with Gasteiger partial charge in [-0.25, -0.2) is 0 Å². The van der Waals surface area contributed by atoms with Gasteiger partial charge in [0, 0.05) is 16.9 Å². The van der Waals surface area contributed by atoms with E-state index in [-0.39, 0.29) is 5.91 Å². The Kier molecular flexibility index (Phi) is 5.78. The fourth-order valence-corrected chi connectivity index (χ4v) is 4.05. The number of carbonyl (C=O) groups is 1. The maximum atomic E-state index is 12.2. The number of hydrogen-bond donors (Lipinski definition) is 2. The number of halogens is 3. The minimum absolute atomic E-state index is 0.0718. The number of likely N-dealkylation sites (tertiary alicyclic amines) is 1. The maximum Gasteiger partial charge on any atom is 0.279 e. The smallest absolute Gasteiger partial charge is 0.279 e. The number of quaternary nitrogens is 1. The van der Waals surface area contributed by atoms with Gasteiger partial charge in [0.2, 0.25) is 0 Å². The quantitative estimate of drug-likeness (QED) is 0.862. The lowest BCUT2D eigenvalue weighted by molar-refractivity contribution is -0.904. The van der Waals surface area contributed by atoms with E-state index in [2.05, 4.69) is 19.2 Å². The van der Waals surface area contributed by atoms with Crippen LogP contribution in [0.1, 0.15) is 20.3 Å². The minimum Gasteiger partial charge on any atom is -0.327 e. The van der Waals surface area contributed by atoms with Gasteiger partial charge in [0.1, 0.15) is 0 Å². The third-order valence-electron chi connectivity index (χ3n) is 3.76. The van der Waals surface area contributed by atoms with E-state index in [1.807, 2.05) is 0 Å². The molecule has 1 aliphatic heterocycles. The first-order chi connectivity index (χ1) is 9.85. The normalized spacial score (nSPS) is 25.7. The van der Waals surface area contributed by atoms with Gasteiger partial charge < -0.3 is 10.2 Å². The Bertz CT molecular complexity index is 503. The summed E-state index contributed by atoms with van der Waals surface area (Å²) in [5.74, 6) is 1.23. The summed E-state index contributed by atoms with van der Waals surface area (Å²) in [4.78, 5) is 13.5. The van der Waals surface area contributed by atoms with E-state index >= 15 is 0 Å². The van der Waals surface area contributed by atoms with Gasteiger partial charge in [0.25, 0.3) is 5.91 Å². The van der Waals surface area contributed by atoms with Crippen molar-refractivity contribution in [3.8, 4) is 0 Å². The average Bonchev–Trinajstić information content (AvgIpc) is 2.32. The largest absolute Gasteiger partial charge is 0.327 e. The highest BCUT2D eigenvalue weighted by Gasteiger charge is 2.27. The molecule has 1 fully saturated rings. The molecule has 0 unspecified atom stereocenters. The second-order valence-electron chi connectivity index (χ2n) is 6.07. The van der Waals surface area contributed by atoms with Crippen molar-refractivity contribution in [2.24, 2.45) is 11.8 Å². The lowest BCUT2D eigenvalue weighted by Crippen LogP contribution is -3.15. The van der Waals surface area contributed by atoms with Crippen molar-refractivity contribution in [1.82, 2.24) is 0 Å². The Labute approximate surface area is 140 Å². The predicted molar refractivity (Wildman–Crippen MR) is 88.6 cm³/mol. The predicted octanol–water partition coefficient (Wildman–Crippen LogP) is 3.15. The van der Waals surface area contributed by atoms with Gasteiger partial charge in [-0.05, 0) is 18.6 Å². The van der Waals surface area contributed by atoms with E-state index in [1.54, 1.807) is 12.1 Å². The molecule has 2 atom stereocenters. The molecular weight excluding hydrogens is 331 g/mol. The molecule has 1 aliphatic rings. The zero-order valence-electron chi connectivity index (χ0n) is 12.2. The molecule has 0 saturated carbocycles. The highest BCUT2D eigenvalue weighted by molar-refractivity contribution is 6.42. The summed E-state index contributed by atoms with van der Waals surface area (Å²) in [6.07, 6.45) is 1.24. The molecule has 0 radical (unpaired) electrons. The monoisotopic (exact) mass is 349 g/mol. The first kappa shape index (κ1) is 16.9. The fraction of sp³-hybridized carbons (Fsp3) is 0.533. The molecule has 1 amide bonds. The second-order valence-corrected chi connectivity index (χ2v) is 7.32. The van der Waals surface area contributed by atoms with Gasteiger partial charge in [-0.1, -0.05) is 48.7 Å². The van der Waals surface area contributed by atoms with Crippen LogP contribution in [0.15, 0.2) is 12.1 Å². The Morgan fingerprint density at radius 1 is 1.19 bits per heavy atom. The molecule has 6 heteroatoms. The Morgan fingerprint density at radius 3 is 2.24 bits per heavy atom. The highest BCUT2D eigenvalue weighted by Crippen LogP contribution is 2.33. The summed E-state index contributed by atoms with van der Waals surface area (Å²) in [5, 5.41) is 3.97. The molecule has 2 N–H and O–H groups in total. The van der Waals surface area contributed by atoms with Crippen molar-refractivity contribution >= 4 is 46.4 Å². The first-order valence-electron chi connectivity index (χ1n) is 7.13. The topological polar surface area (TPSA) is 33.5 Å². The number of rotatable bonds is 3. The summed E-state index contributed by atoms with van der Waals surface area (Å²) in [7, 11) is 0. The van der Waals surface area contributed by atoms with Gasteiger partial charge in [-0.2, -0.15) is 0 Å². The number of piperidine rings is 1. The fourth-order valence-electron chi connectivity index (χ4n) is 3.14. The van der Waals surface area contributed by atoms with Crippen molar-refractivity contribution in [1.29, 1.82) is 0 Å². The van der Waals surface area contributed by atoms with Crippen LogP contribution < -0.4 is 10.2 Å². The zero-order valence-corrected chi connectivity index (χ0v) is 14.4. The summed E-state index contributed by atoms with van der Waals surface area (Å²) in [6, 6.07) is 3.14. The molecule has 1 aromatic rings. The maximum absolute atomic E-state index is 12.2. The van der Waals surface area contributed by atoms with Gasteiger partial charge in [0.15, 0.2) is 6.54 Å². The number of amides is 1. The van der Waals surface area contributed by atoms with Crippen LogP contribution >= 0.6 is 34.8 Å². The Balaban J connectivity index is 1.99. The van der Waals surface area contributed by atoms with Gasteiger partial charge >= 0.3 is 0 Å². The third-order valence-corrected chi connectivity index (χ3v) is 4.58. The molecule has 21 heavy (non-hydrogen) atoms. The molecule has 1 aromatic carbocycles. The molecule has 116 valence electrons. The van der Waals surface area contributed by atoms with Crippen LogP contribution in [0.2, 0.25) is 15.1 Å². The van der Waals surface area contributed by atoms with Crippen LogP contribution in [0.4, 0.5) is 5.69 Å². The van der Waals surface area contributed by atoms with Crippen LogP contribution in [0.3, 0.4) is 0 Å². The van der Waals surface area contributed by atoms with Crippen molar-refractivity contribution in [2.45, 2.75) is 20.3 Å². The van der Waals surface area contributed by atoms with Crippen molar-refractivity contribution < 1.29 is 9.69 Å². The van der Waals surface area contributed by atoms with Crippen LogP contribution in [-0.4, -0.2) is 25.5 Å². The van der Waals surface area contributed by atoms with E-state index < -0.39 is 0 Å². The number of hydrogen-bond acceptors (Lipinski definition) is 1. The lowest BCUT2D eigenvalue weighted by atomic mass is 9.92. The number of carbonyl (C=O) groups excluding carboxylic acids is 1. The average molecular weight is 351 g/mol. The van der Waals surface area contributed by atoms with E-state index in [1.165, 1.54) is 11.3 Å². The van der Waals surface area contributed by atoms with Crippen LogP contribution in [0.25, 0.3) is 0 Å². The molecule has 3 nitrogen and oxygen atoms in total. The number of anilines is 1. The second kappa shape index (κ2) is 7.19. The molecule has 0 spiro atoms. The van der Waals surface area contributed by atoms with Gasteiger partial charge in [-0.15, -0.1) is 0 Å². The van der Waals surface area contributed by atoms with Crippen LogP contribution in [-0.2, 0) is 4.79 Å². The van der Waals surface area contributed by atoms with E-state index in [4.69, 9.17) is 34.8 Å². The van der Waals surface area contributed by atoms with Crippen LogP contribution in [0.5, 0.6) is 0 Å². The zero-order chi connectivity index (χ0) is 15.6. The number of nitrogens with one attached hydrogen (secondary N) is 2. The van der Waals surface area contributed by atoms with Gasteiger partial charge in [-0.3, -0.25) is 4.79 Å². The molecular formula is C15H20Cl3N2O+. The third kappa shape index (κ3) is 4.75. The standard InChI is InChI=1S/C15H19Cl3N2O/c1-9-3-10(2)7-20(6-9)8-14(21)19-15-12(17)4-11(16)5-13(15)18/h4-5,9-10H,3,6-8H2,1-2H3,(H,19,21)/p+1/t9-,10-/m0/s1.